The van der Waals surface area contributed by atoms with E-state index in [2.05, 4.69) is 27.1 Å². The van der Waals surface area contributed by atoms with Gasteiger partial charge in [0.05, 0.1) is 16.6 Å². The average Bonchev–Trinajstić information content (AvgIpc) is 3.43. The van der Waals surface area contributed by atoms with Crippen molar-refractivity contribution in [1.82, 2.24) is 25.1 Å². The summed E-state index contributed by atoms with van der Waals surface area (Å²) in [7, 11) is 2.14. The van der Waals surface area contributed by atoms with Crippen LogP contribution in [0.25, 0.3) is 33.5 Å². The normalized spacial score (nSPS) is 19.3. The minimum atomic E-state index is 0.230. The summed E-state index contributed by atoms with van der Waals surface area (Å²) in [6.07, 6.45) is 2.49. The van der Waals surface area contributed by atoms with Crippen LogP contribution in [0.15, 0.2) is 30.3 Å². The molecule has 29 heavy (non-hydrogen) atoms. The summed E-state index contributed by atoms with van der Waals surface area (Å²) in [6, 6.07) is 9.84. The number of hydrogen-bond donors (Lipinski definition) is 2. The van der Waals surface area contributed by atoms with Gasteiger partial charge in [-0.3, -0.25) is 5.10 Å². The SMILES string of the molecule is CN1CCCC(Oc2ccc3nc(-c4n[nH]c5cc6c(cc45)OCO6)[nH]c3c2)C1. The Morgan fingerprint density at radius 1 is 1.14 bits per heavy atom. The number of likely N-dealkylation sites (tertiary alicyclic amines) is 1. The molecule has 2 aliphatic rings. The van der Waals surface area contributed by atoms with Crippen LogP contribution in [0.4, 0.5) is 0 Å². The van der Waals surface area contributed by atoms with Crippen LogP contribution < -0.4 is 14.2 Å². The van der Waals surface area contributed by atoms with Crippen molar-refractivity contribution in [1.29, 1.82) is 0 Å². The van der Waals surface area contributed by atoms with Crippen LogP contribution in [0.5, 0.6) is 17.2 Å². The lowest BCUT2D eigenvalue weighted by atomic mass is 10.1. The van der Waals surface area contributed by atoms with Gasteiger partial charge in [0.25, 0.3) is 0 Å². The Morgan fingerprint density at radius 3 is 2.93 bits per heavy atom. The second-order valence-corrected chi connectivity index (χ2v) is 7.73. The number of nitrogens with zero attached hydrogens (tertiary/aromatic N) is 3. The number of nitrogens with one attached hydrogen (secondary N) is 2. The van der Waals surface area contributed by atoms with Crippen molar-refractivity contribution in [3.05, 3.63) is 30.3 Å². The van der Waals surface area contributed by atoms with Gasteiger partial charge in [-0.05, 0) is 44.6 Å². The van der Waals surface area contributed by atoms with Crippen LogP contribution in [0.1, 0.15) is 12.8 Å². The fraction of sp³-hybridized carbons (Fsp3) is 0.333. The number of likely N-dealkylation sites (N-methyl/N-ethyl adjacent to an activating group) is 1. The van der Waals surface area contributed by atoms with E-state index in [1.165, 1.54) is 6.42 Å². The monoisotopic (exact) mass is 391 g/mol. The highest BCUT2D eigenvalue weighted by atomic mass is 16.7. The second-order valence-electron chi connectivity index (χ2n) is 7.73. The van der Waals surface area contributed by atoms with Gasteiger partial charge >= 0.3 is 0 Å². The topological polar surface area (TPSA) is 88.3 Å². The number of rotatable bonds is 3. The van der Waals surface area contributed by atoms with Gasteiger partial charge in [-0.2, -0.15) is 5.10 Å². The zero-order chi connectivity index (χ0) is 19.4. The number of fused-ring (bicyclic) bond motifs is 3. The highest BCUT2D eigenvalue weighted by Crippen LogP contribution is 2.38. The smallest absolute Gasteiger partial charge is 0.231 e. The van der Waals surface area contributed by atoms with Crippen molar-refractivity contribution in [2.24, 2.45) is 0 Å². The number of piperidine rings is 1. The van der Waals surface area contributed by atoms with E-state index in [0.717, 1.165) is 64.4 Å². The van der Waals surface area contributed by atoms with Gasteiger partial charge in [0.1, 0.15) is 17.5 Å². The standard InChI is InChI=1S/C21H21N5O3/c1-26-6-2-3-13(10-26)29-12-4-5-15-17(7-12)23-21(22-15)20-14-8-18-19(28-11-27-18)9-16(14)24-25-20/h4-5,7-9,13H,2-3,6,10-11H2,1H3,(H,22,23)(H,24,25). The van der Waals surface area contributed by atoms with Gasteiger partial charge in [0, 0.05) is 24.1 Å². The molecule has 0 radical (unpaired) electrons. The van der Waals surface area contributed by atoms with Gasteiger partial charge in [-0.1, -0.05) is 0 Å². The fourth-order valence-corrected chi connectivity index (χ4v) is 4.17. The Kier molecular flexibility index (Phi) is 3.67. The average molecular weight is 391 g/mol. The predicted octanol–water partition coefficient (Wildman–Crippen LogP) is 3.31. The molecule has 1 fully saturated rings. The van der Waals surface area contributed by atoms with Crippen molar-refractivity contribution in [2.75, 3.05) is 26.9 Å². The summed E-state index contributed by atoms with van der Waals surface area (Å²) < 4.78 is 17.2. The predicted molar refractivity (Wildman–Crippen MR) is 108 cm³/mol. The Labute approximate surface area is 166 Å². The number of hydrogen-bond acceptors (Lipinski definition) is 6. The second kappa shape index (κ2) is 6.38. The van der Waals surface area contributed by atoms with E-state index in [0.29, 0.717) is 5.82 Å². The number of H-pyrrole nitrogens is 2. The Morgan fingerprint density at radius 2 is 2.03 bits per heavy atom. The third kappa shape index (κ3) is 2.87. The van der Waals surface area contributed by atoms with Crippen molar-refractivity contribution >= 4 is 21.9 Å². The van der Waals surface area contributed by atoms with Crippen molar-refractivity contribution in [3.8, 4) is 28.8 Å². The maximum Gasteiger partial charge on any atom is 0.231 e. The summed E-state index contributed by atoms with van der Waals surface area (Å²) in [6.45, 7) is 2.34. The van der Waals surface area contributed by atoms with Crippen LogP contribution in [0.3, 0.4) is 0 Å². The molecule has 0 aliphatic carbocycles. The molecule has 2 aromatic carbocycles. The van der Waals surface area contributed by atoms with E-state index >= 15 is 0 Å². The molecule has 1 atom stereocenters. The molecular weight excluding hydrogens is 370 g/mol. The van der Waals surface area contributed by atoms with E-state index in [4.69, 9.17) is 19.2 Å². The highest BCUT2D eigenvalue weighted by molar-refractivity contribution is 5.95. The lowest BCUT2D eigenvalue weighted by Gasteiger charge is -2.29. The maximum absolute atomic E-state index is 6.21. The highest BCUT2D eigenvalue weighted by Gasteiger charge is 2.21. The van der Waals surface area contributed by atoms with Crippen LogP contribution in [0.2, 0.25) is 0 Å². The molecule has 0 saturated carbocycles. The quantitative estimate of drug-likeness (QED) is 0.557. The molecule has 6 rings (SSSR count). The molecule has 1 unspecified atom stereocenters. The molecule has 4 heterocycles. The third-order valence-electron chi connectivity index (χ3n) is 5.62. The number of benzene rings is 2. The van der Waals surface area contributed by atoms with Gasteiger partial charge in [-0.15, -0.1) is 0 Å². The first-order valence-electron chi connectivity index (χ1n) is 9.86. The number of imidazole rings is 1. The molecule has 0 bridgehead atoms. The molecule has 148 valence electrons. The summed E-state index contributed by atoms with van der Waals surface area (Å²) in [5.74, 6) is 3.03. The first-order chi connectivity index (χ1) is 14.2. The molecule has 1 saturated heterocycles. The number of aromatic nitrogens is 4. The van der Waals surface area contributed by atoms with Crippen LogP contribution in [-0.4, -0.2) is 58.1 Å². The molecule has 8 heteroatoms. The van der Waals surface area contributed by atoms with E-state index in [-0.39, 0.29) is 12.9 Å². The van der Waals surface area contributed by atoms with Crippen molar-refractivity contribution in [2.45, 2.75) is 18.9 Å². The van der Waals surface area contributed by atoms with E-state index in [1.807, 2.05) is 30.3 Å². The third-order valence-corrected chi connectivity index (χ3v) is 5.62. The lowest BCUT2D eigenvalue weighted by molar-refractivity contribution is 0.104. The molecule has 2 aromatic heterocycles. The molecule has 4 aromatic rings. The molecule has 8 nitrogen and oxygen atoms in total. The van der Waals surface area contributed by atoms with Gasteiger partial charge in [-0.25, -0.2) is 4.98 Å². The molecule has 0 spiro atoms. The zero-order valence-corrected chi connectivity index (χ0v) is 16.1. The van der Waals surface area contributed by atoms with E-state index in [1.54, 1.807) is 0 Å². The van der Waals surface area contributed by atoms with Gasteiger partial charge < -0.3 is 24.1 Å². The van der Waals surface area contributed by atoms with Crippen LogP contribution in [-0.2, 0) is 0 Å². The van der Waals surface area contributed by atoms with Gasteiger partial charge in [0.15, 0.2) is 17.3 Å². The first kappa shape index (κ1) is 16.7. The zero-order valence-electron chi connectivity index (χ0n) is 16.1. The summed E-state index contributed by atoms with van der Waals surface area (Å²) in [5, 5.41) is 8.45. The maximum atomic E-state index is 6.21. The minimum Gasteiger partial charge on any atom is -0.489 e. The summed E-state index contributed by atoms with van der Waals surface area (Å²) in [5.41, 5.74) is 3.45. The summed E-state index contributed by atoms with van der Waals surface area (Å²) >= 11 is 0. The first-order valence-corrected chi connectivity index (χ1v) is 9.86. The Bertz CT molecular complexity index is 1210. The van der Waals surface area contributed by atoms with E-state index < -0.39 is 0 Å². The molecular formula is C21H21N5O3. The molecule has 2 aliphatic heterocycles. The molecule has 2 N–H and O–H groups in total. The Balaban J connectivity index is 1.34. The lowest BCUT2D eigenvalue weighted by Crippen LogP contribution is -2.38. The van der Waals surface area contributed by atoms with Crippen LogP contribution >= 0.6 is 0 Å². The number of aromatic amines is 2. The van der Waals surface area contributed by atoms with E-state index in [9.17, 15) is 0 Å². The van der Waals surface area contributed by atoms with Crippen molar-refractivity contribution < 1.29 is 14.2 Å². The van der Waals surface area contributed by atoms with Crippen LogP contribution in [0, 0.1) is 0 Å². The fourth-order valence-electron chi connectivity index (χ4n) is 4.17. The number of ether oxygens (including phenoxy) is 3. The minimum absolute atomic E-state index is 0.230. The summed E-state index contributed by atoms with van der Waals surface area (Å²) in [4.78, 5) is 10.4. The van der Waals surface area contributed by atoms with Crippen molar-refractivity contribution in [3.63, 3.8) is 0 Å². The molecule has 0 amide bonds. The Hall–Kier alpha value is -3.26. The van der Waals surface area contributed by atoms with Gasteiger partial charge in [0.2, 0.25) is 6.79 Å². The largest absolute Gasteiger partial charge is 0.489 e.